The summed E-state index contributed by atoms with van der Waals surface area (Å²) >= 11 is 0. The van der Waals surface area contributed by atoms with Gasteiger partial charge in [0, 0.05) is 26.2 Å². The van der Waals surface area contributed by atoms with Gasteiger partial charge in [0.1, 0.15) is 6.54 Å². The van der Waals surface area contributed by atoms with Crippen molar-refractivity contribution in [2.24, 2.45) is 0 Å². The number of benzene rings is 1. The summed E-state index contributed by atoms with van der Waals surface area (Å²) in [6.45, 7) is 2.78. The number of hydrogen-bond acceptors (Lipinski definition) is 2. The molecule has 0 fully saturated rings. The first-order chi connectivity index (χ1) is 10.5. The van der Waals surface area contributed by atoms with Crippen LogP contribution < -0.4 is 0 Å². The number of rotatable bonds is 5. The van der Waals surface area contributed by atoms with Crippen molar-refractivity contribution in [1.82, 2.24) is 9.80 Å². The first-order valence-electron chi connectivity index (χ1n) is 8.14. The summed E-state index contributed by atoms with van der Waals surface area (Å²) in [5.41, 5.74) is 3.38. The van der Waals surface area contributed by atoms with Gasteiger partial charge in [-0.2, -0.15) is 0 Å². The molecule has 0 saturated heterocycles. The molecule has 1 aliphatic rings. The highest BCUT2D eigenvalue weighted by Crippen LogP contribution is 2.22. The molecule has 0 bridgehead atoms. The van der Waals surface area contributed by atoms with Crippen molar-refractivity contribution >= 4 is 11.8 Å². The van der Waals surface area contributed by atoms with Crippen molar-refractivity contribution in [3.63, 3.8) is 0 Å². The van der Waals surface area contributed by atoms with E-state index in [0.717, 1.165) is 19.3 Å². The Kier molecular flexibility index (Phi) is 5.58. The van der Waals surface area contributed by atoms with Gasteiger partial charge in [-0.3, -0.25) is 9.59 Å². The summed E-state index contributed by atoms with van der Waals surface area (Å²) in [4.78, 5) is 27.9. The molecule has 4 nitrogen and oxygen atoms in total. The minimum Gasteiger partial charge on any atom is -0.347 e. The first-order valence-corrected chi connectivity index (χ1v) is 8.14. The van der Waals surface area contributed by atoms with Gasteiger partial charge < -0.3 is 9.80 Å². The Hall–Kier alpha value is -1.84. The molecule has 1 aromatic rings. The summed E-state index contributed by atoms with van der Waals surface area (Å²) in [7, 11) is 3.44. The van der Waals surface area contributed by atoms with E-state index < -0.39 is 0 Å². The Bertz CT molecular complexity index is 552. The summed E-state index contributed by atoms with van der Waals surface area (Å²) in [6, 6.07) is 6.02. The molecule has 0 aliphatic heterocycles. The van der Waals surface area contributed by atoms with Crippen LogP contribution in [0.4, 0.5) is 0 Å². The molecule has 0 saturated carbocycles. The zero-order valence-corrected chi connectivity index (χ0v) is 13.9. The lowest BCUT2D eigenvalue weighted by atomic mass is 9.90. The summed E-state index contributed by atoms with van der Waals surface area (Å²) in [5, 5.41) is 0. The molecule has 1 aliphatic carbocycles. The zero-order chi connectivity index (χ0) is 16.1. The lowest BCUT2D eigenvalue weighted by Crippen LogP contribution is -2.40. The van der Waals surface area contributed by atoms with E-state index in [2.05, 4.69) is 6.07 Å². The number of hydrogen-bond donors (Lipinski definition) is 0. The normalized spacial score (nSPS) is 13.4. The van der Waals surface area contributed by atoms with Crippen LogP contribution in [-0.2, 0) is 17.6 Å². The van der Waals surface area contributed by atoms with E-state index >= 15 is 0 Å². The highest BCUT2D eigenvalue weighted by Gasteiger charge is 2.20. The highest BCUT2D eigenvalue weighted by atomic mass is 16.2. The maximum absolute atomic E-state index is 12.7. The fourth-order valence-corrected chi connectivity index (χ4v) is 2.88. The van der Waals surface area contributed by atoms with Crippen LogP contribution in [0.1, 0.15) is 47.7 Å². The van der Waals surface area contributed by atoms with E-state index in [-0.39, 0.29) is 18.4 Å². The number of aryl methyl sites for hydroxylation is 2. The standard InChI is InChI=1S/C18H26N2O2/c1-4-11-20(13-17(21)19(2)3)18(22)16-10-9-14-7-5-6-8-15(14)12-16/h9-10,12H,4-8,11,13H2,1-3H3. The molecule has 0 N–H and O–H groups in total. The van der Waals surface area contributed by atoms with Crippen LogP contribution in [0, 0.1) is 0 Å². The average molecular weight is 302 g/mol. The van der Waals surface area contributed by atoms with E-state index in [1.54, 1.807) is 19.0 Å². The highest BCUT2D eigenvalue weighted by molar-refractivity contribution is 5.96. The molecule has 1 aromatic carbocycles. The molecule has 2 rings (SSSR count). The summed E-state index contributed by atoms with van der Waals surface area (Å²) in [5.74, 6) is -0.0785. The minimum absolute atomic E-state index is 0.0366. The van der Waals surface area contributed by atoms with Gasteiger partial charge in [-0.05, 0) is 55.4 Å². The minimum atomic E-state index is -0.0419. The molecule has 0 atom stereocenters. The average Bonchev–Trinajstić information content (AvgIpc) is 2.53. The van der Waals surface area contributed by atoms with Crippen molar-refractivity contribution in [2.75, 3.05) is 27.2 Å². The zero-order valence-electron chi connectivity index (χ0n) is 13.9. The number of likely N-dealkylation sites (N-methyl/N-ethyl adjacent to an activating group) is 1. The molecule has 0 spiro atoms. The number of carbonyl (C=O) groups excluding carboxylic acids is 2. The smallest absolute Gasteiger partial charge is 0.254 e. The lowest BCUT2D eigenvalue weighted by Gasteiger charge is -2.24. The Morgan fingerprint density at radius 1 is 1.09 bits per heavy atom. The van der Waals surface area contributed by atoms with Gasteiger partial charge in [0.15, 0.2) is 0 Å². The summed E-state index contributed by atoms with van der Waals surface area (Å²) < 4.78 is 0. The van der Waals surface area contributed by atoms with Crippen molar-refractivity contribution in [3.05, 3.63) is 34.9 Å². The molecule has 0 heterocycles. The molecular weight excluding hydrogens is 276 g/mol. The number of nitrogens with zero attached hydrogens (tertiary/aromatic N) is 2. The van der Waals surface area contributed by atoms with Gasteiger partial charge in [0.25, 0.3) is 5.91 Å². The van der Waals surface area contributed by atoms with Gasteiger partial charge in [0.05, 0.1) is 0 Å². The Balaban J connectivity index is 2.17. The van der Waals surface area contributed by atoms with Gasteiger partial charge in [-0.25, -0.2) is 0 Å². The molecular formula is C18H26N2O2. The van der Waals surface area contributed by atoms with Crippen molar-refractivity contribution < 1.29 is 9.59 Å². The second-order valence-electron chi connectivity index (χ2n) is 6.21. The second kappa shape index (κ2) is 7.43. The largest absolute Gasteiger partial charge is 0.347 e. The molecule has 4 heteroatoms. The maximum atomic E-state index is 12.7. The molecule has 22 heavy (non-hydrogen) atoms. The van der Waals surface area contributed by atoms with Crippen LogP contribution in [0.15, 0.2) is 18.2 Å². The van der Waals surface area contributed by atoms with Crippen molar-refractivity contribution in [3.8, 4) is 0 Å². The Morgan fingerprint density at radius 3 is 2.41 bits per heavy atom. The molecule has 0 aromatic heterocycles. The molecule has 120 valence electrons. The third-order valence-electron chi connectivity index (χ3n) is 4.20. The number of carbonyl (C=O) groups is 2. The third-order valence-corrected chi connectivity index (χ3v) is 4.20. The predicted octanol–water partition coefficient (Wildman–Crippen LogP) is 2.51. The Morgan fingerprint density at radius 2 is 1.77 bits per heavy atom. The number of fused-ring (bicyclic) bond motifs is 1. The van der Waals surface area contributed by atoms with E-state index in [9.17, 15) is 9.59 Å². The van der Waals surface area contributed by atoms with Crippen LogP contribution in [-0.4, -0.2) is 48.8 Å². The lowest BCUT2D eigenvalue weighted by molar-refractivity contribution is -0.129. The van der Waals surface area contributed by atoms with Crippen LogP contribution >= 0.6 is 0 Å². The first kappa shape index (κ1) is 16.5. The molecule has 0 unspecified atom stereocenters. The van der Waals surface area contributed by atoms with Crippen molar-refractivity contribution in [2.45, 2.75) is 39.0 Å². The van der Waals surface area contributed by atoms with Crippen LogP contribution in [0.3, 0.4) is 0 Å². The Labute approximate surface area is 133 Å². The fraction of sp³-hybridized carbons (Fsp3) is 0.556. The van der Waals surface area contributed by atoms with E-state index in [0.29, 0.717) is 12.1 Å². The van der Waals surface area contributed by atoms with Crippen LogP contribution in [0.2, 0.25) is 0 Å². The fourth-order valence-electron chi connectivity index (χ4n) is 2.88. The van der Waals surface area contributed by atoms with Gasteiger partial charge >= 0.3 is 0 Å². The van der Waals surface area contributed by atoms with Gasteiger partial charge in [-0.1, -0.05) is 13.0 Å². The monoisotopic (exact) mass is 302 g/mol. The number of amides is 2. The third kappa shape index (κ3) is 3.87. The maximum Gasteiger partial charge on any atom is 0.254 e. The van der Waals surface area contributed by atoms with E-state index in [1.165, 1.54) is 28.9 Å². The SMILES string of the molecule is CCCN(CC(=O)N(C)C)C(=O)c1ccc2c(c1)CCCC2. The van der Waals surface area contributed by atoms with Crippen LogP contribution in [0.25, 0.3) is 0 Å². The van der Waals surface area contributed by atoms with Gasteiger partial charge in [0.2, 0.25) is 5.91 Å². The van der Waals surface area contributed by atoms with E-state index in [4.69, 9.17) is 0 Å². The quantitative estimate of drug-likeness (QED) is 0.838. The van der Waals surface area contributed by atoms with Gasteiger partial charge in [-0.15, -0.1) is 0 Å². The molecule has 0 radical (unpaired) electrons. The molecule has 2 amide bonds. The van der Waals surface area contributed by atoms with Crippen molar-refractivity contribution in [1.29, 1.82) is 0 Å². The topological polar surface area (TPSA) is 40.6 Å². The second-order valence-corrected chi connectivity index (χ2v) is 6.21. The predicted molar refractivity (Wildman–Crippen MR) is 88.0 cm³/mol. The van der Waals surface area contributed by atoms with Crippen LogP contribution in [0.5, 0.6) is 0 Å². The van der Waals surface area contributed by atoms with E-state index in [1.807, 2.05) is 19.1 Å². The summed E-state index contributed by atoms with van der Waals surface area (Å²) in [6.07, 6.45) is 5.45.